The van der Waals surface area contributed by atoms with Crippen LogP contribution >= 0.6 is 0 Å². The van der Waals surface area contributed by atoms with E-state index in [0.717, 1.165) is 0 Å². The first kappa shape index (κ1) is 14.6. The summed E-state index contributed by atoms with van der Waals surface area (Å²) < 4.78 is 0. The SMILES string of the molecule is CC(C)(C)C(=O)CCN(CCO)CCO. The quantitative estimate of drug-likeness (QED) is 0.643. The molecule has 0 rings (SSSR count). The van der Waals surface area contributed by atoms with Crippen molar-refractivity contribution in [1.29, 1.82) is 0 Å². The van der Waals surface area contributed by atoms with Crippen molar-refractivity contribution in [2.24, 2.45) is 5.41 Å². The predicted octanol–water partition coefficient (Wildman–Crippen LogP) is 0.278. The van der Waals surface area contributed by atoms with Crippen molar-refractivity contribution < 1.29 is 15.0 Å². The van der Waals surface area contributed by atoms with Gasteiger partial charge in [-0.2, -0.15) is 0 Å². The van der Waals surface area contributed by atoms with Gasteiger partial charge in [0.25, 0.3) is 0 Å². The highest BCUT2D eigenvalue weighted by atomic mass is 16.3. The third kappa shape index (κ3) is 6.60. The first-order chi connectivity index (χ1) is 6.91. The number of Topliss-reactive ketones (excluding diaryl/α,β-unsaturated/α-hetero) is 1. The van der Waals surface area contributed by atoms with Crippen LogP contribution in [-0.2, 0) is 4.79 Å². The van der Waals surface area contributed by atoms with Crippen molar-refractivity contribution in [3.8, 4) is 0 Å². The Morgan fingerprint density at radius 3 is 1.87 bits per heavy atom. The lowest BCUT2D eigenvalue weighted by atomic mass is 9.89. The lowest BCUT2D eigenvalue weighted by Gasteiger charge is -2.22. The van der Waals surface area contributed by atoms with Crippen molar-refractivity contribution in [2.45, 2.75) is 27.2 Å². The van der Waals surface area contributed by atoms with Crippen LogP contribution in [0.15, 0.2) is 0 Å². The minimum Gasteiger partial charge on any atom is -0.395 e. The number of aliphatic hydroxyl groups is 2. The molecule has 0 unspecified atom stereocenters. The molecule has 0 aromatic heterocycles. The minimum atomic E-state index is -0.301. The molecule has 90 valence electrons. The van der Waals surface area contributed by atoms with Crippen LogP contribution in [0.1, 0.15) is 27.2 Å². The maximum Gasteiger partial charge on any atom is 0.139 e. The number of carbonyl (C=O) groups excluding carboxylic acids is 1. The highest BCUT2D eigenvalue weighted by Gasteiger charge is 2.21. The molecule has 0 atom stereocenters. The first-order valence-electron chi connectivity index (χ1n) is 5.39. The van der Waals surface area contributed by atoms with Crippen molar-refractivity contribution in [3.63, 3.8) is 0 Å². The van der Waals surface area contributed by atoms with Crippen LogP contribution in [0, 0.1) is 5.41 Å². The van der Waals surface area contributed by atoms with Crippen LogP contribution in [0.25, 0.3) is 0 Å². The number of carbonyl (C=O) groups is 1. The van der Waals surface area contributed by atoms with Crippen LogP contribution in [-0.4, -0.2) is 53.7 Å². The molecule has 4 nitrogen and oxygen atoms in total. The molecule has 15 heavy (non-hydrogen) atoms. The molecule has 0 aliphatic rings. The third-order valence-corrected chi connectivity index (χ3v) is 2.32. The van der Waals surface area contributed by atoms with E-state index in [1.165, 1.54) is 0 Å². The molecule has 0 aromatic carbocycles. The van der Waals surface area contributed by atoms with Gasteiger partial charge in [0.15, 0.2) is 0 Å². The Morgan fingerprint density at radius 2 is 1.53 bits per heavy atom. The maximum atomic E-state index is 11.6. The topological polar surface area (TPSA) is 60.8 Å². The fourth-order valence-corrected chi connectivity index (χ4v) is 1.25. The number of ketones is 1. The summed E-state index contributed by atoms with van der Waals surface area (Å²) in [7, 11) is 0. The Labute approximate surface area is 91.9 Å². The second kappa shape index (κ2) is 6.93. The summed E-state index contributed by atoms with van der Waals surface area (Å²) in [5.41, 5.74) is -0.301. The molecule has 0 bridgehead atoms. The first-order valence-corrected chi connectivity index (χ1v) is 5.39. The number of nitrogens with zero attached hydrogens (tertiary/aromatic N) is 1. The Kier molecular flexibility index (Phi) is 6.72. The zero-order chi connectivity index (χ0) is 11.9. The third-order valence-electron chi connectivity index (χ3n) is 2.32. The highest BCUT2D eigenvalue weighted by molar-refractivity contribution is 5.83. The monoisotopic (exact) mass is 217 g/mol. The van der Waals surface area contributed by atoms with Crippen molar-refractivity contribution in [2.75, 3.05) is 32.8 Å². The maximum absolute atomic E-state index is 11.6. The molecule has 0 spiro atoms. The second-order valence-corrected chi connectivity index (χ2v) is 4.71. The Bertz CT molecular complexity index is 181. The molecule has 0 amide bonds. The summed E-state index contributed by atoms with van der Waals surface area (Å²) in [6, 6.07) is 0. The largest absolute Gasteiger partial charge is 0.395 e. The van der Waals surface area contributed by atoms with Gasteiger partial charge in [-0.3, -0.25) is 9.69 Å². The molecule has 0 aliphatic carbocycles. The molecule has 0 heterocycles. The Balaban J connectivity index is 3.93. The molecule has 0 fully saturated rings. The van der Waals surface area contributed by atoms with Gasteiger partial charge in [0.1, 0.15) is 5.78 Å². The zero-order valence-corrected chi connectivity index (χ0v) is 9.99. The number of aliphatic hydroxyl groups excluding tert-OH is 2. The van der Waals surface area contributed by atoms with Gasteiger partial charge in [0, 0.05) is 31.5 Å². The van der Waals surface area contributed by atoms with Gasteiger partial charge < -0.3 is 10.2 Å². The normalized spacial score (nSPS) is 12.1. The van der Waals surface area contributed by atoms with E-state index in [1.54, 1.807) is 0 Å². The lowest BCUT2D eigenvalue weighted by molar-refractivity contribution is -0.126. The minimum absolute atomic E-state index is 0.0592. The molecule has 0 radical (unpaired) electrons. The predicted molar refractivity (Wildman–Crippen MR) is 59.7 cm³/mol. The van der Waals surface area contributed by atoms with Gasteiger partial charge in [-0.05, 0) is 0 Å². The summed E-state index contributed by atoms with van der Waals surface area (Å²) in [5, 5.41) is 17.6. The van der Waals surface area contributed by atoms with Gasteiger partial charge in [-0.1, -0.05) is 20.8 Å². The number of rotatable bonds is 7. The van der Waals surface area contributed by atoms with E-state index in [-0.39, 0.29) is 24.4 Å². The molecule has 0 saturated heterocycles. The molecule has 0 aromatic rings. The summed E-state index contributed by atoms with van der Waals surface area (Å²) >= 11 is 0. The van der Waals surface area contributed by atoms with Crippen molar-refractivity contribution in [3.05, 3.63) is 0 Å². The van der Waals surface area contributed by atoms with E-state index in [4.69, 9.17) is 10.2 Å². The van der Waals surface area contributed by atoms with Gasteiger partial charge in [-0.25, -0.2) is 0 Å². The van der Waals surface area contributed by atoms with Crippen LogP contribution in [0.2, 0.25) is 0 Å². The fourth-order valence-electron chi connectivity index (χ4n) is 1.25. The molecule has 2 N–H and O–H groups in total. The standard InChI is InChI=1S/C11H23NO3/c1-11(2,3)10(15)4-5-12(6-8-13)7-9-14/h13-14H,4-9H2,1-3H3. The zero-order valence-electron chi connectivity index (χ0n) is 9.99. The molecular formula is C11H23NO3. The van der Waals surface area contributed by atoms with E-state index < -0.39 is 0 Å². The van der Waals surface area contributed by atoms with E-state index in [2.05, 4.69) is 0 Å². The summed E-state index contributed by atoms with van der Waals surface area (Å²) in [6.07, 6.45) is 0.476. The molecule has 0 aliphatic heterocycles. The van der Waals surface area contributed by atoms with E-state index >= 15 is 0 Å². The van der Waals surface area contributed by atoms with Gasteiger partial charge in [0.05, 0.1) is 13.2 Å². The highest BCUT2D eigenvalue weighted by Crippen LogP contribution is 2.16. The van der Waals surface area contributed by atoms with Gasteiger partial charge in [-0.15, -0.1) is 0 Å². The summed E-state index contributed by atoms with van der Waals surface area (Å²) in [4.78, 5) is 13.5. The average Bonchev–Trinajstić information content (AvgIpc) is 2.12. The van der Waals surface area contributed by atoms with E-state index in [0.29, 0.717) is 26.1 Å². The average molecular weight is 217 g/mol. The smallest absolute Gasteiger partial charge is 0.139 e. The van der Waals surface area contributed by atoms with Crippen LogP contribution < -0.4 is 0 Å². The van der Waals surface area contributed by atoms with Crippen molar-refractivity contribution in [1.82, 2.24) is 4.90 Å². The Hall–Kier alpha value is -0.450. The molecular weight excluding hydrogens is 194 g/mol. The van der Waals surface area contributed by atoms with E-state index in [1.807, 2.05) is 25.7 Å². The summed E-state index contributed by atoms with van der Waals surface area (Å²) in [6.45, 7) is 7.45. The van der Waals surface area contributed by atoms with Crippen molar-refractivity contribution >= 4 is 5.78 Å². The van der Waals surface area contributed by atoms with Crippen LogP contribution in [0.4, 0.5) is 0 Å². The van der Waals surface area contributed by atoms with E-state index in [9.17, 15) is 4.79 Å². The second-order valence-electron chi connectivity index (χ2n) is 4.71. The molecule has 0 saturated carbocycles. The van der Waals surface area contributed by atoms with Crippen LogP contribution in [0.3, 0.4) is 0 Å². The van der Waals surface area contributed by atoms with Gasteiger partial charge in [0.2, 0.25) is 0 Å². The Morgan fingerprint density at radius 1 is 1.07 bits per heavy atom. The number of hydrogen-bond donors (Lipinski definition) is 2. The van der Waals surface area contributed by atoms with Gasteiger partial charge >= 0.3 is 0 Å². The van der Waals surface area contributed by atoms with Crippen LogP contribution in [0.5, 0.6) is 0 Å². The fraction of sp³-hybridized carbons (Fsp3) is 0.909. The number of hydrogen-bond acceptors (Lipinski definition) is 4. The lowest BCUT2D eigenvalue weighted by Crippen LogP contribution is -2.33. The summed E-state index contributed by atoms with van der Waals surface area (Å²) in [5.74, 6) is 0.211. The molecule has 4 heteroatoms.